The van der Waals surface area contributed by atoms with Gasteiger partial charge in [-0.15, -0.1) is 56.1 Å². The molecular formula is C36H58CuN6O2-3. The molecule has 6 rings (SSSR count). The van der Waals surface area contributed by atoms with Gasteiger partial charge in [0.1, 0.15) is 0 Å². The second-order valence-electron chi connectivity index (χ2n) is 13.8. The van der Waals surface area contributed by atoms with Crippen molar-refractivity contribution in [1.29, 1.82) is 0 Å². The van der Waals surface area contributed by atoms with E-state index in [0.717, 1.165) is 76.8 Å². The number of aliphatic imine (C=N–C) groups is 2. The zero-order valence-electron chi connectivity index (χ0n) is 27.3. The number of allylic oxidation sites excluding steroid dienone is 2. The van der Waals surface area contributed by atoms with E-state index in [-0.39, 0.29) is 59.2 Å². The molecule has 45 heavy (non-hydrogen) atoms. The summed E-state index contributed by atoms with van der Waals surface area (Å²) in [7, 11) is 0. The van der Waals surface area contributed by atoms with Gasteiger partial charge in [0.05, 0.1) is 12.2 Å². The smallest absolute Gasteiger partial charge is 0.683 e. The third-order valence-electron chi connectivity index (χ3n) is 10.5. The van der Waals surface area contributed by atoms with Gasteiger partial charge in [0.2, 0.25) is 0 Å². The molecule has 0 amide bonds. The summed E-state index contributed by atoms with van der Waals surface area (Å²) in [6.45, 7) is 3.69. The van der Waals surface area contributed by atoms with Gasteiger partial charge in [-0.1, -0.05) is 95.6 Å². The predicted molar refractivity (Wildman–Crippen MR) is 184 cm³/mol. The summed E-state index contributed by atoms with van der Waals surface area (Å²) in [5.41, 5.74) is 1.06. The summed E-state index contributed by atoms with van der Waals surface area (Å²) in [4.78, 5) is 9.84. The average Bonchev–Trinajstić information content (AvgIpc) is 3.09. The molecule has 0 aromatic rings. The fourth-order valence-electron chi connectivity index (χ4n) is 7.76. The molecule has 0 spiro atoms. The van der Waals surface area contributed by atoms with Crippen molar-refractivity contribution in [3.8, 4) is 0 Å². The first-order valence-corrected chi connectivity index (χ1v) is 18.2. The van der Waals surface area contributed by atoms with E-state index in [1.165, 1.54) is 64.2 Å². The summed E-state index contributed by atoms with van der Waals surface area (Å²) in [6, 6.07) is 1.25. The van der Waals surface area contributed by atoms with Crippen LogP contribution >= 0.6 is 0 Å². The van der Waals surface area contributed by atoms with Crippen molar-refractivity contribution in [2.75, 3.05) is 26.2 Å². The van der Waals surface area contributed by atoms with Gasteiger partial charge in [0, 0.05) is 36.3 Å². The third kappa shape index (κ3) is 11.5. The van der Waals surface area contributed by atoms with Gasteiger partial charge in [0.15, 0.2) is 0 Å². The average molecular weight is 670 g/mol. The maximum absolute atomic E-state index is 10.2. The van der Waals surface area contributed by atoms with Crippen LogP contribution in [0.25, 0.3) is 21.3 Å². The number of hydrogen-bond donors (Lipinski definition) is 2. The van der Waals surface area contributed by atoms with Crippen molar-refractivity contribution in [3.05, 3.63) is 45.2 Å². The Labute approximate surface area is 283 Å². The first kappa shape index (κ1) is 36.8. The van der Waals surface area contributed by atoms with Gasteiger partial charge in [-0.25, -0.2) is 0 Å². The molecule has 4 heterocycles. The van der Waals surface area contributed by atoms with Crippen LogP contribution in [-0.2, 0) is 17.1 Å². The molecule has 8 unspecified atom stereocenters. The van der Waals surface area contributed by atoms with E-state index >= 15 is 0 Å². The molecule has 0 aromatic heterocycles. The molecule has 2 aliphatic carbocycles. The molecule has 9 heteroatoms. The molecule has 8 atom stereocenters. The second-order valence-corrected chi connectivity index (χ2v) is 13.8. The Bertz CT molecular complexity index is 924. The molecule has 0 radical (unpaired) electrons. The van der Waals surface area contributed by atoms with E-state index in [9.17, 15) is 10.2 Å². The SMILES string of the molecule is OC1CCCCC1C=NC(C1=CC=CC[N-]1)C1CCCC[N-]1.OC1CCCCC1C=NC(C1CCCC[N-]1)C1CCCC[N-]1.[Cu+]. The number of piperidine rings is 3. The van der Waals surface area contributed by atoms with Gasteiger partial charge in [-0.2, -0.15) is 0 Å². The van der Waals surface area contributed by atoms with Gasteiger partial charge in [-0.3, -0.25) is 9.98 Å². The van der Waals surface area contributed by atoms with Gasteiger partial charge >= 0.3 is 17.1 Å². The van der Waals surface area contributed by atoms with Crippen LogP contribution in [0.3, 0.4) is 0 Å². The second kappa shape index (κ2) is 20.3. The molecule has 2 N–H and O–H groups in total. The van der Waals surface area contributed by atoms with Crippen LogP contribution in [0.1, 0.15) is 109 Å². The molecule has 2 saturated carbocycles. The number of aliphatic hydroxyl groups is 2. The number of nitrogens with zero attached hydrogens (tertiary/aromatic N) is 6. The molecule has 4 aliphatic heterocycles. The van der Waals surface area contributed by atoms with E-state index in [1.54, 1.807) is 0 Å². The van der Waals surface area contributed by atoms with Crippen molar-refractivity contribution >= 4 is 12.4 Å². The van der Waals surface area contributed by atoms with Gasteiger partial charge < -0.3 is 31.5 Å². The summed E-state index contributed by atoms with van der Waals surface area (Å²) in [5.74, 6) is 0.461. The van der Waals surface area contributed by atoms with Crippen LogP contribution in [0.4, 0.5) is 0 Å². The minimum absolute atomic E-state index is 0. The van der Waals surface area contributed by atoms with Crippen LogP contribution in [0, 0.1) is 11.8 Å². The minimum atomic E-state index is -0.224. The topological polar surface area (TPSA) is 122 Å². The maximum Gasteiger partial charge on any atom is 1.00 e. The molecule has 8 nitrogen and oxygen atoms in total. The van der Waals surface area contributed by atoms with E-state index in [0.29, 0.717) is 12.1 Å². The Balaban J connectivity index is 0.000000200. The largest absolute Gasteiger partial charge is 1.00 e. The molecule has 6 aliphatic rings. The molecule has 258 valence electrons. The molecule has 0 bridgehead atoms. The minimum Gasteiger partial charge on any atom is -0.683 e. The van der Waals surface area contributed by atoms with Gasteiger partial charge in [0.25, 0.3) is 0 Å². The van der Waals surface area contributed by atoms with E-state index in [4.69, 9.17) is 25.9 Å². The van der Waals surface area contributed by atoms with Crippen LogP contribution in [0.15, 0.2) is 33.9 Å². The Kier molecular flexibility index (Phi) is 16.6. The van der Waals surface area contributed by atoms with Gasteiger partial charge in [-0.05, 0) is 25.7 Å². The van der Waals surface area contributed by atoms with E-state index in [2.05, 4.69) is 29.8 Å². The Hall–Kier alpha value is -1.06. The Morgan fingerprint density at radius 2 is 1.11 bits per heavy atom. The summed E-state index contributed by atoms with van der Waals surface area (Å²) < 4.78 is 0. The maximum atomic E-state index is 10.2. The quantitative estimate of drug-likeness (QED) is 0.205. The monoisotopic (exact) mass is 669 g/mol. The van der Waals surface area contributed by atoms with Crippen LogP contribution in [0.5, 0.6) is 0 Å². The first-order valence-electron chi connectivity index (χ1n) is 18.2. The van der Waals surface area contributed by atoms with Crippen LogP contribution in [-0.4, -0.2) is 91.2 Å². The van der Waals surface area contributed by atoms with Crippen molar-refractivity contribution < 1.29 is 27.3 Å². The number of aliphatic hydroxyl groups excluding tert-OH is 2. The Morgan fingerprint density at radius 1 is 0.622 bits per heavy atom. The molecule has 3 saturated heterocycles. The predicted octanol–water partition coefficient (Wildman–Crippen LogP) is 7.56. The molecular weight excluding hydrogens is 612 g/mol. The van der Waals surface area contributed by atoms with Crippen molar-refractivity contribution in [1.82, 2.24) is 0 Å². The van der Waals surface area contributed by atoms with Crippen LogP contribution < -0.4 is 0 Å². The number of rotatable bonds is 8. The Morgan fingerprint density at radius 3 is 1.58 bits per heavy atom. The van der Waals surface area contributed by atoms with E-state index < -0.39 is 0 Å². The van der Waals surface area contributed by atoms with Crippen molar-refractivity contribution in [2.24, 2.45) is 21.8 Å². The zero-order valence-corrected chi connectivity index (χ0v) is 28.3. The van der Waals surface area contributed by atoms with Crippen molar-refractivity contribution in [3.63, 3.8) is 0 Å². The third-order valence-corrected chi connectivity index (χ3v) is 10.5. The van der Waals surface area contributed by atoms with E-state index in [1.807, 2.05) is 6.21 Å². The fourth-order valence-corrected chi connectivity index (χ4v) is 7.76. The standard InChI is InChI=1S/C18H31N3O.C18H27N3O.Cu/c2*22-17-10-2-1-7-14(17)13-21-18(15-8-3-5-11-19-15)16-9-4-6-12-20-16;/h13-18,22H,1-12H2;3,5,8,13-14,16-18,22H,1-2,4,6-7,9-12H2;/q2*-2;+1. The summed E-state index contributed by atoms with van der Waals surface area (Å²) >= 11 is 0. The van der Waals surface area contributed by atoms with Crippen LogP contribution in [0.2, 0.25) is 0 Å². The molecule has 5 fully saturated rings. The first-order chi connectivity index (χ1) is 21.7. The normalized spacial score (nSPS) is 35.8. The fraction of sp³-hybridized carbons (Fsp3) is 0.833. The molecule has 0 aromatic carbocycles. The zero-order chi connectivity index (χ0) is 30.4. The summed E-state index contributed by atoms with van der Waals surface area (Å²) in [6.07, 6.45) is 29.5. The summed E-state index contributed by atoms with van der Waals surface area (Å²) in [5, 5.41) is 39.4. The van der Waals surface area contributed by atoms with Crippen molar-refractivity contribution in [2.45, 2.75) is 152 Å². The number of hydrogen-bond acceptors (Lipinski definition) is 4.